The standard InChI is InChI=1S/C16H18ClN3O3/c1-9-5-12(19-16-18-11(3)7-13(17)20-16)6-10(2)15(9)23-14(21)8-22-4/h5-7H,8H2,1-4H3,(H,18,19,20). The van der Waals surface area contributed by atoms with Crippen LogP contribution in [0, 0.1) is 20.8 Å². The number of hydrogen-bond donors (Lipinski definition) is 1. The van der Waals surface area contributed by atoms with Crippen LogP contribution in [0.1, 0.15) is 16.8 Å². The Hall–Kier alpha value is -2.18. The number of aryl methyl sites for hydroxylation is 3. The number of halogens is 1. The van der Waals surface area contributed by atoms with E-state index in [1.54, 1.807) is 6.07 Å². The van der Waals surface area contributed by atoms with Crippen LogP contribution < -0.4 is 10.1 Å². The number of carbonyl (C=O) groups is 1. The summed E-state index contributed by atoms with van der Waals surface area (Å²) in [6, 6.07) is 5.38. The molecule has 0 radical (unpaired) electrons. The Morgan fingerprint density at radius 1 is 1.17 bits per heavy atom. The first-order valence-electron chi connectivity index (χ1n) is 6.98. The maximum Gasteiger partial charge on any atom is 0.337 e. The van der Waals surface area contributed by atoms with Gasteiger partial charge in [0.2, 0.25) is 5.95 Å². The summed E-state index contributed by atoms with van der Waals surface area (Å²) in [5.74, 6) is 0.506. The second-order valence-corrected chi connectivity index (χ2v) is 5.51. The van der Waals surface area contributed by atoms with Crippen molar-refractivity contribution in [2.24, 2.45) is 0 Å². The molecule has 7 heteroatoms. The molecule has 0 atom stereocenters. The van der Waals surface area contributed by atoms with Gasteiger partial charge in [0, 0.05) is 18.5 Å². The van der Waals surface area contributed by atoms with Gasteiger partial charge in [-0.15, -0.1) is 0 Å². The van der Waals surface area contributed by atoms with Crippen LogP contribution in [0.5, 0.6) is 5.75 Å². The van der Waals surface area contributed by atoms with E-state index < -0.39 is 5.97 Å². The molecule has 0 spiro atoms. The van der Waals surface area contributed by atoms with Gasteiger partial charge in [-0.1, -0.05) is 11.6 Å². The molecule has 6 nitrogen and oxygen atoms in total. The Balaban J connectivity index is 2.23. The molecule has 0 saturated heterocycles. The zero-order chi connectivity index (χ0) is 17.0. The Labute approximate surface area is 139 Å². The Kier molecular flexibility index (Phi) is 5.52. The van der Waals surface area contributed by atoms with E-state index in [1.165, 1.54) is 7.11 Å². The molecule has 0 fully saturated rings. The van der Waals surface area contributed by atoms with Crippen LogP contribution in [0.25, 0.3) is 0 Å². The van der Waals surface area contributed by atoms with Crippen molar-refractivity contribution in [2.75, 3.05) is 19.0 Å². The number of benzene rings is 1. The summed E-state index contributed by atoms with van der Waals surface area (Å²) in [5.41, 5.74) is 3.19. The molecule has 1 heterocycles. The Bertz CT molecular complexity index is 691. The van der Waals surface area contributed by atoms with Gasteiger partial charge in [0.1, 0.15) is 17.5 Å². The fraction of sp³-hybridized carbons (Fsp3) is 0.312. The van der Waals surface area contributed by atoms with Crippen molar-refractivity contribution < 1.29 is 14.3 Å². The van der Waals surface area contributed by atoms with Crippen LogP contribution >= 0.6 is 11.6 Å². The van der Waals surface area contributed by atoms with Crippen LogP contribution in [0.3, 0.4) is 0 Å². The first-order chi connectivity index (χ1) is 10.9. The van der Waals surface area contributed by atoms with Crippen molar-refractivity contribution in [3.8, 4) is 5.75 Å². The van der Waals surface area contributed by atoms with Crippen LogP contribution in [-0.2, 0) is 9.53 Å². The van der Waals surface area contributed by atoms with Crippen LogP contribution in [0.2, 0.25) is 5.15 Å². The molecular formula is C16H18ClN3O3. The summed E-state index contributed by atoms with van der Waals surface area (Å²) in [6.45, 7) is 5.47. The first kappa shape index (κ1) is 17.2. The summed E-state index contributed by atoms with van der Waals surface area (Å²) < 4.78 is 10.1. The van der Waals surface area contributed by atoms with Gasteiger partial charge in [-0.25, -0.2) is 14.8 Å². The monoisotopic (exact) mass is 335 g/mol. The third kappa shape index (κ3) is 4.64. The maximum absolute atomic E-state index is 11.6. The van der Waals surface area contributed by atoms with Crippen LogP contribution in [-0.4, -0.2) is 29.7 Å². The molecular weight excluding hydrogens is 318 g/mol. The number of anilines is 2. The molecule has 23 heavy (non-hydrogen) atoms. The summed E-state index contributed by atoms with van der Waals surface area (Å²) >= 11 is 5.93. The Morgan fingerprint density at radius 3 is 2.39 bits per heavy atom. The SMILES string of the molecule is COCC(=O)Oc1c(C)cc(Nc2nc(C)cc(Cl)n2)cc1C. The molecule has 0 unspecified atom stereocenters. The van der Waals surface area contributed by atoms with E-state index in [2.05, 4.69) is 15.3 Å². The lowest BCUT2D eigenvalue weighted by atomic mass is 10.1. The van der Waals surface area contributed by atoms with Gasteiger partial charge in [0.05, 0.1) is 0 Å². The third-order valence-electron chi connectivity index (χ3n) is 3.02. The van der Waals surface area contributed by atoms with E-state index in [4.69, 9.17) is 21.1 Å². The molecule has 1 aromatic carbocycles. The average Bonchev–Trinajstić information content (AvgIpc) is 2.42. The molecule has 122 valence electrons. The molecule has 2 aromatic rings. The number of methoxy groups -OCH3 is 1. The van der Waals surface area contributed by atoms with E-state index >= 15 is 0 Å². The number of aromatic nitrogens is 2. The lowest BCUT2D eigenvalue weighted by Crippen LogP contribution is -2.15. The molecule has 0 aliphatic heterocycles. The maximum atomic E-state index is 11.6. The van der Waals surface area contributed by atoms with Gasteiger partial charge in [-0.05, 0) is 50.1 Å². The topological polar surface area (TPSA) is 73.3 Å². The molecule has 0 amide bonds. The molecule has 2 rings (SSSR count). The number of ether oxygens (including phenoxy) is 2. The van der Waals surface area contributed by atoms with Crippen molar-refractivity contribution in [3.05, 3.63) is 40.2 Å². The zero-order valence-electron chi connectivity index (χ0n) is 13.4. The first-order valence-corrected chi connectivity index (χ1v) is 7.36. The largest absolute Gasteiger partial charge is 0.424 e. The lowest BCUT2D eigenvalue weighted by molar-refractivity contribution is -0.138. The number of carbonyl (C=O) groups excluding carboxylic acids is 1. The van der Waals surface area contributed by atoms with E-state index in [0.29, 0.717) is 16.9 Å². The number of nitrogens with zero attached hydrogens (tertiary/aromatic N) is 2. The average molecular weight is 336 g/mol. The second kappa shape index (κ2) is 7.39. The highest BCUT2D eigenvalue weighted by atomic mass is 35.5. The number of nitrogens with one attached hydrogen (secondary N) is 1. The highest BCUT2D eigenvalue weighted by Gasteiger charge is 2.12. The molecule has 1 N–H and O–H groups in total. The summed E-state index contributed by atoms with van der Waals surface area (Å²) in [7, 11) is 1.45. The molecule has 0 aliphatic carbocycles. The lowest BCUT2D eigenvalue weighted by Gasteiger charge is -2.13. The van der Waals surface area contributed by atoms with E-state index in [0.717, 1.165) is 22.5 Å². The van der Waals surface area contributed by atoms with Gasteiger partial charge in [-0.2, -0.15) is 0 Å². The highest BCUT2D eigenvalue weighted by molar-refractivity contribution is 6.29. The van der Waals surface area contributed by atoms with Crippen LogP contribution in [0.15, 0.2) is 18.2 Å². The molecule has 0 aliphatic rings. The fourth-order valence-electron chi connectivity index (χ4n) is 2.16. The predicted octanol–water partition coefficient (Wildman–Crippen LogP) is 3.35. The van der Waals surface area contributed by atoms with Crippen molar-refractivity contribution in [3.63, 3.8) is 0 Å². The highest BCUT2D eigenvalue weighted by Crippen LogP contribution is 2.28. The number of rotatable bonds is 5. The van der Waals surface area contributed by atoms with Gasteiger partial charge in [0.15, 0.2) is 0 Å². The fourth-order valence-corrected chi connectivity index (χ4v) is 2.40. The summed E-state index contributed by atoms with van der Waals surface area (Å²) in [5, 5.41) is 3.47. The minimum Gasteiger partial charge on any atom is -0.424 e. The summed E-state index contributed by atoms with van der Waals surface area (Å²) in [4.78, 5) is 20.0. The number of esters is 1. The van der Waals surface area contributed by atoms with Gasteiger partial charge >= 0.3 is 5.97 Å². The van der Waals surface area contributed by atoms with E-state index in [9.17, 15) is 4.79 Å². The summed E-state index contributed by atoms with van der Waals surface area (Å²) in [6.07, 6.45) is 0. The van der Waals surface area contributed by atoms with Gasteiger partial charge in [-0.3, -0.25) is 0 Å². The minimum atomic E-state index is -0.437. The Morgan fingerprint density at radius 2 is 1.83 bits per heavy atom. The molecule has 1 aromatic heterocycles. The van der Waals surface area contributed by atoms with Gasteiger partial charge in [0.25, 0.3) is 0 Å². The smallest absolute Gasteiger partial charge is 0.337 e. The van der Waals surface area contributed by atoms with Crippen molar-refractivity contribution >= 4 is 29.2 Å². The number of hydrogen-bond acceptors (Lipinski definition) is 6. The normalized spacial score (nSPS) is 10.5. The molecule has 0 bridgehead atoms. The van der Waals surface area contributed by atoms with Crippen LogP contribution in [0.4, 0.5) is 11.6 Å². The minimum absolute atomic E-state index is 0.0888. The quantitative estimate of drug-likeness (QED) is 0.513. The predicted molar refractivity (Wildman–Crippen MR) is 88.5 cm³/mol. The van der Waals surface area contributed by atoms with Crippen molar-refractivity contribution in [1.82, 2.24) is 9.97 Å². The third-order valence-corrected chi connectivity index (χ3v) is 3.21. The zero-order valence-corrected chi connectivity index (χ0v) is 14.2. The second-order valence-electron chi connectivity index (χ2n) is 5.13. The van der Waals surface area contributed by atoms with Crippen molar-refractivity contribution in [2.45, 2.75) is 20.8 Å². The van der Waals surface area contributed by atoms with Crippen molar-refractivity contribution in [1.29, 1.82) is 0 Å². The van der Waals surface area contributed by atoms with E-state index in [-0.39, 0.29) is 6.61 Å². The van der Waals surface area contributed by atoms with Gasteiger partial charge < -0.3 is 14.8 Å². The molecule has 0 saturated carbocycles. The van der Waals surface area contributed by atoms with E-state index in [1.807, 2.05) is 32.9 Å².